The van der Waals surface area contributed by atoms with E-state index in [0.717, 1.165) is 42.8 Å². The van der Waals surface area contributed by atoms with Crippen molar-refractivity contribution in [2.45, 2.75) is 46.1 Å². The van der Waals surface area contributed by atoms with Gasteiger partial charge in [-0.1, -0.05) is 17.8 Å². The molecule has 156 valence electrons. The molecule has 0 bridgehead atoms. The standard InChI is InChI=1S/C21H22N4O4S/c1-3-29-20(28)17-12(2)22-21(30-17)24-18(26)13-8-9-14-15(11-13)23-16-7-5-4-6-10-25(16)19(14)27/h8-9,11H,3-7,10H2,1-2H3,(H,22,24,26). The highest BCUT2D eigenvalue weighted by molar-refractivity contribution is 7.17. The van der Waals surface area contributed by atoms with Crippen LogP contribution in [-0.4, -0.2) is 33.0 Å². The minimum absolute atomic E-state index is 0.0570. The van der Waals surface area contributed by atoms with E-state index in [9.17, 15) is 14.4 Å². The lowest BCUT2D eigenvalue weighted by molar-refractivity contribution is 0.0531. The van der Waals surface area contributed by atoms with Crippen LogP contribution in [0.4, 0.5) is 5.13 Å². The highest BCUT2D eigenvalue weighted by Gasteiger charge is 2.19. The summed E-state index contributed by atoms with van der Waals surface area (Å²) in [6.07, 6.45) is 3.82. The lowest BCUT2D eigenvalue weighted by Crippen LogP contribution is -2.24. The summed E-state index contributed by atoms with van der Waals surface area (Å²) in [6, 6.07) is 4.89. The smallest absolute Gasteiger partial charge is 0.350 e. The topological polar surface area (TPSA) is 103 Å². The zero-order valence-electron chi connectivity index (χ0n) is 16.9. The van der Waals surface area contributed by atoms with Crippen molar-refractivity contribution in [3.63, 3.8) is 0 Å². The summed E-state index contributed by atoms with van der Waals surface area (Å²) < 4.78 is 6.76. The number of carbonyl (C=O) groups is 2. The maximum Gasteiger partial charge on any atom is 0.350 e. The Morgan fingerprint density at radius 1 is 1.23 bits per heavy atom. The van der Waals surface area contributed by atoms with Gasteiger partial charge in [-0.05, 0) is 44.9 Å². The Labute approximate surface area is 176 Å². The quantitative estimate of drug-likeness (QED) is 0.642. The minimum atomic E-state index is -0.455. The monoisotopic (exact) mass is 426 g/mol. The van der Waals surface area contributed by atoms with E-state index in [-0.39, 0.29) is 18.1 Å². The van der Waals surface area contributed by atoms with Crippen LogP contribution < -0.4 is 10.9 Å². The number of thiazole rings is 1. The zero-order chi connectivity index (χ0) is 21.3. The van der Waals surface area contributed by atoms with Gasteiger partial charge >= 0.3 is 5.97 Å². The average molecular weight is 426 g/mol. The molecule has 0 unspecified atom stereocenters. The van der Waals surface area contributed by atoms with E-state index in [2.05, 4.69) is 15.3 Å². The van der Waals surface area contributed by atoms with E-state index in [1.54, 1.807) is 36.6 Å². The lowest BCUT2D eigenvalue weighted by atomic mass is 10.1. The van der Waals surface area contributed by atoms with Crippen LogP contribution in [0.15, 0.2) is 23.0 Å². The van der Waals surface area contributed by atoms with E-state index >= 15 is 0 Å². The van der Waals surface area contributed by atoms with Crippen molar-refractivity contribution in [1.82, 2.24) is 14.5 Å². The number of esters is 1. The predicted molar refractivity (Wildman–Crippen MR) is 114 cm³/mol. The summed E-state index contributed by atoms with van der Waals surface area (Å²) in [5, 5.41) is 3.54. The molecule has 0 radical (unpaired) electrons. The molecule has 0 saturated heterocycles. The fourth-order valence-corrected chi connectivity index (χ4v) is 4.42. The van der Waals surface area contributed by atoms with Gasteiger partial charge in [0.2, 0.25) is 0 Å². The van der Waals surface area contributed by atoms with Gasteiger partial charge in [-0.15, -0.1) is 0 Å². The Morgan fingerprint density at radius 3 is 2.87 bits per heavy atom. The first-order chi connectivity index (χ1) is 14.5. The fourth-order valence-electron chi connectivity index (χ4n) is 3.56. The van der Waals surface area contributed by atoms with Crippen LogP contribution in [0, 0.1) is 6.92 Å². The Hall–Kier alpha value is -3.07. The number of carbonyl (C=O) groups excluding carboxylic acids is 2. The van der Waals surface area contributed by atoms with Crippen molar-refractivity contribution in [2.75, 3.05) is 11.9 Å². The number of nitrogens with zero attached hydrogens (tertiary/aromatic N) is 3. The summed E-state index contributed by atoms with van der Waals surface area (Å²) in [5.74, 6) is -0.0563. The number of fused-ring (bicyclic) bond motifs is 2. The van der Waals surface area contributed by atoms with E-state index in [4.69, 9.17) is 4.74 Å². The summed E-state index contributed by atoms with van der Waals surface area (Å²) in [5.41, 5.74) is 1.34. The summed E-state index contributed by atoms with van der Waals surface area (Å²) in [4.78, 5) is 46.8. The fraction of sp³-hybridized carbons (Fsp3) is 0.381. The van der Waals surface area contributed by atoms with Crippen LogP contribution in [0.3, 0.4) is 0 Å². The van der Waals surface area contributed by atoms with Gasteiger partial charge in [0.25, 0.3) is 11.5 Å². The first-order valence-electron chi connectivity index (χ1n) is 9.97. The summed E-state index contributed by atoms with van der Waals surface area (Å²) in [6.45, 7) is 4.38. The number of aryl methyl sites for hydroxylation is 2. The molecule has 30 heavy (non-hydrogen) atoms. The first kappa shape index (κ1) is 20.2. The van der Waals surface area contributed by atoms with Crippen LogP contribution in [0.25, 0.3) is 10.9 Å². The molecule has 1 amide bonds. The molecule has 1 N–H and O–H groups in total. The number of ether oxygens (including phenoxy) is 1. The van der Waals surface area contributed by atoms with Crippen LogP contribution in [0.5, 0.6) is 0 Å². The molecule has 3 heterocycles. The van der Waals surface area contributed by atoms with Crippen molar-refractivity contribution < 1.29 is 14.3 Å². The second-order valence-electron chi connectivity index (χ2n) is 7.14. The van der Waals surface area contributed by atoms with Gasteiger partial charge in [0.1, 0.15) is 10.7 Å². The highest BCUT2D eigenvalue weighted by Crippen LogP contribution is 2.24. The third-order valence-electron chi connectivity index (χ3n) is 5.06. The molecule has 0 fully saturated rings. The van der Waals surface area contributed by atoms with Crippen molar-refractivity contribution >= 4 is 39.2 Å². The Balaban J connectivity index is 1.62. The van der Waals surface area contributed by atoms with Gasteiger partial charge in [-0.2, -0.15) is 0 Å². The largest absolute Gasteiger partial charge is 0.462 e. The second kappa shape index (κ2) is 8.35. The van der Waals surface area contributed by atoms with Crippen LogP contribution >= 0.6 is 11.3 Å². The third-order valence-corrected chi connectivity index (χ3v) is 6.11. The van der Waals surface area contributed by atoms with Gasteiger partial charge in [-0.3, -0.25) is 19.5 Å². The molecule has 1 aromatic carbocycles. The number of hydrogen-bond acceptors (Lipinski definition) is 7. The van der Waals surface area contributed by atoms with Gasteiger partial charge in [0, 0.05) is 18.5 Å². The molecule has 1 aliphatic rings. The third kappa shape index (κ3) is 3.85. The van der Waals surface area contributed by atoms with E-state index in [1.165, 1.54) is 0 Å². The predicted octanol–water partition coefficient (Wildman–Crippen LogP) is 3.32. The number of aromatic nitrogens is 3. The Morgan fingerprint density at radius 2 is 2.07 bits per heavy atom. The Kier molecular flexibility index (Phi) is 5.63. The van der Waals surface area contributed by atoms with Crippen LogP contribution in [-0.2, 0) is 17.7 Å². The van der Waals surface area contributed by atoms with Crippen molar-refractivity contribution in [3.05, 3.63) is 50.5 Å². The van der Waals surface area contributed by atoms with Crippen molar-refractivity contribution in [1.29, 1.82) is 0 Å². The minimum Gasteiger partial charge on any atom is -0.462 e. The number of benzene rings is 1. The van der Waals surface area contributed by atoms with Crippen LogP contribution in [0.2, 0.25) is 0 Å². The van der Waals surface area contributed by atoms with Gasteiger partial charge < -0.3 is 4.74 Å². The van der Waals surface area contributed by atoms with Crippen molar-refractivity contribution in [2.24, 2.45) is 0 Å². The van der Waals surface area contributed by atoms with Gasteiger partial charge in [-0.25, -0.2) is 14.8 Å². The van der Waals surface area contributed by atoms with Crippen molar-refractivity contribution in [3.8, 4) is 0 Å². The lowest BCUT2D eigenvalue weighted by Gasteiger charge is -2.10. The first-order valence-corrected chi connectivity index (χ1v) is 10.8. The van der Waals surface area contributed by atoms with E-state index in [1.807, 2.05) is 0 Å². The molecule has 0 spiro atoms. The number of rotatable bonds is 4. The molecule has 3 aromatic rings. The zero-order valence-corrected chi connectivity index (χ0v) is 17.7. The molecule has 8 nitrogen and oxygen atoms in total. The van der Waals surface area contributed by atoms with Crippen LogP contribution in [0.1, 0.15) is 57.7 Å². The summed E-state index contributed by atoms with van der Waals surface area (Å²) >= 11 is 1.07. The summed E-state index contributed by atoms with van der Waals surface area (Å²) in [7, 11) is 0. The molecular weight excluding hydrogens is 404 g/mol. The maximum atomic E-state index is 12.8. The molecule has 9 heteroatoms. The van der Waals surface area contributed by atoms with E-state index < -0.39 is 5.97 Å². The van der Waals surface area contributed by atoms with Gasteiger partial charge in [0.15, 0.2) is 5.13 Å². The molecule has 1 aliphatic heterocycles. The number of hydrogen-bond donors (Lipinski definition) is 1. The molecule has 0 saturated carbocycles. The molecule has 2 aromatic heterocycles. The average Bonchev–Trinajstić information content (AvgIpc) is 2.93. The molecule has 0 atom stereocenters. The highest BCUT2D eigenvalue weighted by atomic mass is 32.1. The number of anilines is 1. The number of amides is 1. The second-order valence-corrected chi connectivity index (χ2v) is 8.13. The number of nitrogens with one attached hydrogen (secondary N) is 1. The SMILES string of the molecule is CCOC(=O)c1sc(NC(=O)c2ccc3c(=O)n4c(nc3c2)CCCCC4)nc1C. The normalized spacial score (nSPS) is 13.5. The molecular formula is C21H22N4O4S. The Bertz CT molecular complexity index is 1200. The van der Waals surface area contributed by atoms with E-state index in [0.29, 0.717) is 38.7 Å². The van der Waals surface area contributed by atoms with Gasteiger partial charge in [0.05, 0.1) is 23.2 Å². The molecule has 4 rings (SSSR count). The molecule has 0 aliphatic carbocycles. The maximum absolute atomic E-state index is 12.8.